The van der Waals surface area contributed by atoms with Gasteiger partial charge in [-0.3, -0.25) is 4.68 Å². The average Bonchev–Trinajstić information content (AvgIpc) is 2.67. The summed E-state index contributed by atoms with van der Waals surface area (Å²) in [6.07, 6.45) is 2.03. The number of aromatic nitrogens is 2. The van der Waals surface area contributed by atoms with Crippen LogP contribution in [0.2, 0.25) is 0 Å². The number of anilines is 1. The molecule has 4 heteroatoms. The molecule has 2 aromatic rings. The third kappa shape index (κ3) is 2.17. The molecule has 0 saturated heterocycles. The SMILES string of the molecule is CCCc1nn(C)c(NN)c1-c1ccccc1. The fourth-order valence-electron chi connectivity index (χ4n) is 2.07. The van der Waals surface area contributed by atoms with E-state index in [0.717, 1.165) is 35.5 Å². The Morgan fingerprint density at radius 3 is 2.59 bits per heavy atom. The molecule has 0 spiro atoms. The van der Waals surface area contributed by atoms with E-state index in [0.29, 0.717) is 0 Å². The number of rotatable bonds is 4. The quantitative estimate of drug-likeness (QED) is 0.626. The Labute approximate surface area is 101 Å². The van der Waals surface area contributed by atoms with E-state index >= 15 is 0 Å². The van der Waals surface area contributed by atoms with Gasteiger partial charge in [0.1, 0.15) is 5.82 Å². The normalized spacial score (nSPS) is 10.5. The highest BCUT2D eigenvalue weighted by atomic mass is 15.4. The first-order chi connectivity index (χ1) is 8.27. The minimum atomic E-state index is 0.861. The van der Waals surface area contributed by atoms with Crippen molar-refractivity contribution in [3.8, 4) is 11.1 Å². The molecule has 0 atom stereocenters. The Hall–Kier alpha value is -1.81. The number of nitrogens with one attached hydrogen (secondary N) is 1. The summed E-state index contributed by atoms with van der Waals surface area (Å²) in [6.45, 7) is 2.15. The van der Waals surface area contributed by atoms with Crippen LogP contribution in [-0.2, 0) is 13.5 Å². The molecule has 1 aromatic carbocycles. The number of nitrogens with two attached hydrogens (primary N) is 1. The number of benzene rings is 1. The van der Waals surface area contributed by atoms with Gasteiger partial charge in [-0.2, -0.15) is 5.10 Å². The molecule has 0 fully saturated rings. The maximum atomic E-state index is 5.59. The van der Waals surface area contributed by atoms with Gasteiger partial charge in [0.05, 0.1) is 5.69 Å². The van der Waals surface area contributed by atoms with Gasteiger partial charge in [0.15, 0.2) is 0 Å². The van der Waals surface area contributed by atoms with E-state index < -0.39 is 0 Å². The predicted octanol–water partition coefficient (Wildman–Crippen LogP) is 2.33. The second-order valence-corrected chi connectivity index (χ2v) is 4.05. The molecule has 17 heavy (non-hydrogen) atoms. The van der Waals surface area contributed by atoms with Crippen molar-refractivity contribution in [1.82, 2.24) is 9.78 Å². The third-order valence-corrected chi connectivity index (χ3v) is 2.81. The molecule has 0 aliphatic rings. The Bertz CT molecular complexity index is 488. The van der Waals surface area contributed by atoms with Gasteiger partial charge in [-0.1, -0.05) is 43.7 Å². The van der Waals surface area contributed by atoms with E-state index in [2.05, 4.69) is 29.6 Å². The van der Waals surface area contributed by atoms with Crippen LogP contribution in [0.3, 0.4) is 0 Å². The maximum absolute atomic E-state index is 5.59. The van der Waals surface area contributed by atoms with Crippen molar-refractivity contribution in [2.24, 2.45) is 12.9 Å². The average molecular weight is 230 g/mol. The minimum absolute atomic E-state index is 0.861. The summed E-state index contributed by atoms with van der Waals surface area (Å²) in [5.41, 5.74) is 6.09. The summed E-state index contributed by atoms with van der Waals surface area (Å²) in [5, 5.41) is 4.52. The zero-order valence-corrected chi connectivity index (χ0v) is 10.3. The molecule has 4 nitrogen and oxygen atoms in total. The van der Waals surface area contributed by atoms with Crippen molar-refractivity contribution >= 4 is 5.82 Å². The molecule has 0 bridgehead atoms. The molecule has 0 amide bonds. The monoisotopic (exact) mass is 230 g/mol. The lowest BCUT2D eigenvalue weighted by Crippen LogP contribution is -2.11. The lowest BCUT2D eigenvalue weighted by Gasteiger charge is -2.06. The zero-order valence-electron chi connectivity index (χ0n) is 10.3. The van der Waals surface area contributed by atoms with Gasteiger partial charge in [-0.05, 0) is 12.0 Å². The predicted molar refractivity (Wildman–Crippen MR) is 70.4 cm³/mol. The lowest BCUT2D eigenvalue weighted by atomic mass is 10.0. The first-order valence-corrected chi connectivity index (χ1v) is 5.85. The summed E-state index contributed by atoms with van der Waals surface area (Å²) in [6, 6.07) is 10.2. The highest BCUT2D eigenvalue weighted by molar-refractivity contribution is 5.77. The molecular formula is C13H18N4. The van der Waals surface area contributed by atoms with Crippen LogP contribution in [0.5, 0.6) is 0 Å². The number of hydrogen-bond donors (Lipinski definition) is 2. The van der Waals surface area contributed by atoms with E-state index in [9.17, 15) is 0 Å². The Balaban J connectivity index is 2.57. The van der Waals surface area contributed by atoms with Gasteiger partial charge in [0, 0.05) is 12.6 Å². The lowest BCUT2D eigenvalue weighted by molar-refractivity contribution is 0.737. The van der Waals surface area contributed by atoms with E-state index in [4.69, 9.17) is 5.84 Å². The van der Waals surface area contributed by atoms with Crippen LogP contribution in [0.4, 0.5) is 5.82 Å². The second-order valence-electron chi connectivity index (χ2n) is 4.05. The highest BCUT2D eigenvalue weighted by Crippen LogP contribution is 2.31. The molecule has 0 unspecified atom stereocenters. The second kappa shape index (κ2) is 5.01. The fourth-order valence-corrected chi connectivity index (χ4v) is 2.07. The fraction of sp³-hybridized carbons (Fsp3) is 0.308. The van der Waals surface area contributed by atoms with Gasteiger partial charge in [0.25, 0.3) is 0 Å². The number of nitrogen functional groups attached to an aromatic ring is 1. The van der Waals surface area contributed by atoms with E-state index in [1.807, 2.05) is 25.2 Å². The summed E-state index contributed by atoms with van der Waals surface area (Å²) >= 11 is 0. The van der Waals surface area contributed by atoms with Crippen LogP contribution < -0.4 is 11.3 Å². The summed E-state index contributed by atoms with van der Waals surface area (Å²) in [4.78, 5) is 0. The van der Waals surface area contributed by atoms with Crippen molar-refractivity contribution in [2.75, 3.05) is 5.43 Å². The Morgan fingerprint density at radius 2 is 2.00 bits per heavy atom. The van der Waals surface area contributed by atoms with Crippen molar-refractivity contribution in [3.63, 3.8) is 0 Å². The third-order valence-electron chi connectivity index (χ3n) is 2.81. The first kappa shape index (κ1) is 11.7. The molecule has 0 saturated carbocycles. The molecule has 90 valence electrons. The van der Waals surface area contributed by atoms with Crippen LogP contribution >= 0.6 is 0 Å². The molecule has 0 aliphatic heterocycles. The Kier molecular flexibility index (Phi) is 3.44. The number of aryl methyl sites for hydroxylation is 2. The molecule has 3 N–H and O–H groups in total. The largest absolute Gasteiger partial charge is 0.308 e. The molecule has 1 heterocycles. The topological polar surface area (TPSA) is 55.9 Å². The highest BCUT2D eigenvalue weighted by Gasteiger charge is 2.16. The summed E-state index contributed by atoms with van der Waals surface area (Å²) in [7, 11) is 1.90. The number of nitrogens with zero attached hydrogens (tertiary/aromatic N) is 2. The molecule has 1 aromatic heterocycles. The van der Waals surface area contributed by atoms with Gasteiger partial charge >= 0.3 is 0 Å². The van der Waals surface area contributed by atoms with E-state index in [1.54, 1.807) is 4.68 Å². The first-order valence-electron chi connectivity index (χ1n) is 5.85. The van der Waals surface area contributed by atoms with Crippen molar-refractivity contribution in [2.45, 2.75) is 19.8 Å². The molecule has 0 aliphatic carbocycles. The molecule has 0 radical (unpaired) electrons. The van der Waals surface area contributed by atoms with Crippen LogP contribution in [0.25, 0.3) is 11.1 Å². The van der Waals surface area contributed by atoms with Crippen LogP contribution in [0.15, 0.2) is 30.3 Å². The van der Waals surface area contributed by atoms with Crippen LogP contribution in [0.1, 0.15) is 19.0 Å². The van der Waals surface area contributed by atoms with Crippen molar-refractivity contribution in [3.05, 3.63) is 36.0 Å². The standard InChI is InChI=1S/C13H18N4/c1-3-7-11-12(10-8-5-4-6-9-10)13(15-14)17(2)16-11/h4-6,8-9,15H,3,7,14H2,1-2H3. The number of hydrogen-bond acceptors (Lipinski definition) is 3. The van der Waals surface area contributed by atoms with Crippen molar-refractivity contribution in [1.29, 1.82) is 0 Å². The number of hydrazine groups is 1. The van der Waals surface area contributed by atoms with E-state index in [-0.39, 0.29) is 0 Å². The van der Waals surface area contributed by atoms with Crippen LogP contribution in [-0.4, -0.2) is 9.78 Å². The van der Waals surface area contributed by atoms with Gasteiger partial charge in [-0.15, -0.1) is 0 Å². The molecular weight excluding hydrogens is 212 g/mol. The van der Waals surface area contributed by atoms with Crippen LogP contribution in [0, 0.1) is 0 Å². The summed E-state index contributed by atoms with van der Waals surface area (Å²) in [5.74, 6) is 6.45. The van der Waals surface area contributed by atoms with Gasteiger partial charge < -0.3 is 5.43 Å². The van der Waals surface area contributed by atoms with E-state index in [1.165, 1.54) is 0 Å². The zero-order chi connectivity index (χ0) is 12.3. The van der Waals surface area contributed by atoms with Gasteiger partial charge in [-0.25, -0.2) is 5.84 Å². The Morgan fingerprint density at radius 1 is 1.29 bits per heavy atom. The smallest absolute Gasteiger partial charge is 0.146 e. The summed E-state index contributed by atoms with van der Waals surface area (Å²) < 4.78 is 1.80. The minimum Gasteiger partial charge on any atom is -0.308 e. The molecule has 2 rings (SSSR count). The van der Waals surface area contributed by atoms with Gasteiger partial charge in [0.2, 0.25) is 0 Å². The van der Waals surface area contributed by atoms with Crippen molar-refractivity contribution < 1.29 is 0 Å². The maximum Gasteiger partial charge on any atom is 0.146 e.